The highest BCUT2D eigenvalue weighted by Crippen LogP contribution is 2.38. The minimum Gasteiger partial charge on any atom is -0.299 e. The van der Waals surface area contributed by atoms with Crippen LogP contribution in [0.4, 0.5) is 0 Å². The Hall–Kier alpha value is -1.54. The van der Waals surface area contributed by atoms with E-state index in [1.807, 2.05) is 0 Å². The van der Waals surface area contributed by atoms with Gasteiger partial charge in [0.1, 0.15) is 11.6 Å². The average molecular weight is 188 g/mol. The van der Waals surface area contributed by atoms with Crippen LogP contribution in [0.1, 0.15) is 32.1 Å². The number of terminal acetylenes is 2. The molecule has 0 spiro atoms. The van der Waals surface area contributed by atoms with Gasteiger partial charge < -0.3 is 0 Å². The van der Waals surface area contributed by atoms with Gasteiger partial charge in [0.15, 0.2) is 0 Å². The molecule has 0 heterocycles. The van der Waals surface area contributed by atoms with Gasteiger partial charge in [-0.3, -0.25) is 9.59 Å². The lowest BCUT2D eigenvalue weighted by Crippen LogP contribution is -2.33. The molecule has 0 aromatic heterocycles. The van der Waals surface area contributed by atoms with Gasteiger partial charge >= 0.3 is 0 Å². The molecule has 1 aliphatic rings. The van der Waals surface area contributed by atoms with Crippen molar-refractivity contribution >= 4 is 11.6 Å². The molecule has 1 saturated carbocycles. The zero-order valence-electron chi connectivity index (χ0n) is 8.01. The average Bonchev–Trinajstić information content (AvgIpc) is 2.02. The second-order valence-electron chi connectivity index (χ2n) is 3.87. The largest absolute Gasteiger partial charge is 0.299 e. The van der Waals surface area contributed by atoms with Crippen molar-refractivity contribution in [3.05, 3.63) is 0 Å². The summed E-state index contributed by atoms with van der Waals surface area (Å²) in [5.41, 5.74) is -0.448. The van der Waals surface area contributed by atoms with Crippen LogP contribution in [-0.2, 0) is 9.59 Å². The topological polar surface area (TPSA) is 34.1 Å². The van der Waals surface area contributed by atoms with E-state index in [2.05, 4.69) is 11.8 Å². The van der Waals surface area contributed by atoms with Crippen molar-refractivity contribution < 1.29 is 9.59 Å². The van der Waals surface area contributed by atoms with Crippen LogP contribution in [-0.4, -0.2) is 11.6 Å². The molecule has 0 saturated heterocycles. The second kappa shape index (κ2) is 4.11. The van der Waals surface area contributed by atoms with Gasteiger partial charge in [0.25, 0.3) is 0 Å². The maximum atomic E-state index is 11.3. The third-order valence-corrected chi connectivity index (χ3v) is 2.49. The second-order valence-corrected chi connectivity index (χ2v) is 3.87. The molecule has 0 amide bonds. The van der Waals surface area contributed by atoms with Gasteiger partial charge in [0, 0.05) is 31.1 Å². The van der Waals surface area contributed by atoms with Crippen molar-refractivity contribution in [2.24, 2.45) is 5.41 Å². The fraction of sp³-hybridized carbons (Fsp3) is 0.500. The number of hydrogen-bond acceptors (Lipinski definition) is 2. The molecule has 0 N–H and O–H groups in total. The summed E-state index contributed by atoms with van der Waals surface area (Å²) >= 11 is 0. The van der Waals surface area contributed by atoms with Gasteiger partial charge in [-0.25, -0.2) is 0 Å². The Labute approximate surface area is 84.1 Å². The van der Waals surface area contributed by atoms with Crippen molar-refractivity contribution in [1.82, 2.24) is 0 Å². The molecule has 2 heteroatoms. The molecule has 0 aliphatic heterocycles. The summed E-state index contributed by atoms with van der Waals surface area (Å²) in [5.74, 6) is 4.94. The summed E-state index contributed by atoms with van der Waals surface area (Å²) in [7, 11) is 0. The lowest BCUT2D eigenvalue weighted by Gasteiger charge is -2.32. The zero-order chi connectivity index (χ0) is 10.6. The SMILES string of the molecule is C#CCC1(CC#C)CC(=O)CC(=O)C1. The van der Waals surface area contributed by atoms with Crippen LogP contribution in [0.15, 0.2) is 0 Å². The molecule has 1 fully saturated rings. The minimum absolute atomic E-state index is 0.0354. The third-order valence-electron chi connectivity index (χ3n) is 2.49. The first kappa shape index (κ1) is 10.5. The fourth-order valence-corrected chi connectivity index (χ4v) is 1.99. The highest BCUT2D eigenvalue weighted by Gasteiger charge is 2.38. The van der Waals surface area contributed by atoms with E-state index < -0.39 is 5.41 Å². The number of ketones is 2. The Morgan fingerprint density at radius 1 is 1.07 bits per heavy atom. The maximum Gasteiger partial charge on any atom is 0.140 e. The molecule has 0 bridgehead atoms. The van der Waals surface area contributed by atoms with Crippen molar-refractivity contribution in [2.75, 3.05) is 0 Å². The van der Waals surface area contributed by atoms with Crippen LogP contribution in [0.2, 0.25) is 0 Å². The van der Waals surface area contributed by atoms with Gasteiger partial charge in [-0.1, -0.05) is 0 Å². The van der Waals surface area contributed by atoms with Crippen LogP contribution < -0.4 is 0 Å². The summed E-state index contributed by atoms with van der Waals surface area (Å²) in [6.07, 6.45) is 12.0. The smallest absolute Gasteiger partial charge is 0.140 e. The first-order valence-corrected chi connectivity index (χ1v) is 4.52. The number of Topliss-reactive ketones (excluding diaryl/α,β-unsaturated/α-hetero) is 2. The predicted molar refractivity (Wildman–Crippen MR) is 53.2 cm³/mol. The Bertz CT molecular complexity index is 304. The van der Waals surface area contributed by atoms with E-state index in [0.717, 1.165) is 0 Å². The van der Waals surface area contributed by atoms with Crippen LogP contribution in [0, 0.1) is 30.1 Å². The molecular formula is C12H12O2. The van der Waals surface area contributed by atoms with Crippen molar-refractivity contribution in [3.8, 4) is 24.7 Å². The van der Waals surface area contributed by atoms with Crippen molar-refractivity contribution in [1.29, 1.82) is 0 Å². The Kier molecular flexibility index (Phi) is 3.10. The molecule has 1 aliphatic carbocycles. The number of hydrogen-bond donors (Lipinski definition) is 0. The van der Waals surface area contributed by atoms with E-state index in [1.54, 1.807) is 0 Å². The lowest BCUT2D eigenvalue weighted by molar-refractivity contribution is -0.134. The predicted octanol–water partition coefficient (Wildman–Crippen LogP) is 1.34. The van der Waals surface area contributed by atoms with Gasteiger partial charge in [-0.15, -0.1) is 24.7 Å². The zero-order valence-corrected chi connectivity index (χ0v) is 8.01. The van der Waals surface area contributed by atoms with E-state index in [1.165, 1.54) is 0 Å². The standard InChI is InChI=1S/C12H12O2/c1-3-5-12(6-4-2)8-10(13)7-11(14)9-12/h1-2H,5-9H2. The maximum absolute atomic E-state index is 11.3. The molecule has 0 unspecified atom stereocenters. The molecule has 2 nitrogen and oxygen atoms in total. The van der Waals surface area contributed by atoms with Crippen LogP contribution in [0.25, 0.3) is 0 Å². The number of carbonyl (C=O) groups excluding carboxylic acids is 2. The Morgan fingerprint density at radius 3 is 1.86 bits per heavy atom. The first-order valence-electron chi connectivity index (χ1n) is 4.52. The van der Waals surface area contributed by atoms with Crippen molar-refractivity contribution in [2.45, 2.75) is 32.1 Å². The van der Waals surface area contributed by atoms with Crippen LogP contribution in [0.5, 0.6) is 0 Å². The van der Waals surface area contributed by atoms with E-state index >= 15 is 0 Å². The monoisotopic (exact) mass is 188 g/mol. The molecule has 1 rings (SSSR count). The lowest BCUT2D eigenvalue weighted by atomic mass is 9.69. The fourth-order valence-electron chi connectivity index (χ4n) is 1.99. The van der Waals surface area contributed by atoms with E-state index in [4.69, 9.17) is 12.8 Å². The molecular weight excluding hydrogens is 176 g/mol. The quantitative estimate of drug-likeness (QED) is 0.484. The van der Waals surface area contributed by atoms with Gasteiger partial charge in [-0.2, -0.15) is 0 Å². The normalized spacial score (nSPS) is 19.9. The highest BCUT2D eigenvalue weighted by molar-refractivity contribution is 6.02. The molecule has 0 aromatic carbocycles. The van der Waals surface area contributed by atoms with E-state index in [0.29, 0.717) is 25.7 Å². The highest BCUT2D eigenvalue weighted by atomic mass is 16.1. The minimum atomic E-state index is -0.448. The molecule has 0 radical (unpaired) electrons. The molecule has 72 valence electrons. The summed E-state index contributed by atoms with van der Waals surface area (Å²) in [4.78, 5) is 22.6. The summed E-state index contributed by atoms with van der Waals surface area (Å²) in [5, 5.41) is 0. The van der Waals surface area contributed by atoms with E-state index in [9.17, 15) is 9.59 Å². The Balaban J connectivity index is 2.87. The molecule has 0 atom stereocenters. The van der Waals surface area contributed by atoms with E-state index in [-0.39, 0.29) is 18.0 Å². The van der Waals surface area contributed by atoms with Gasteiger partial charge in [0.2, 0.25) is 0 Å². The summed E-state index contributed by atoms with van der Waals surface area (Å²) in [6.45, 7) is 0. The summed E-state index contributed by atoms with van der Waals surface area (Å²) in [6, 6.07) is 0. The van der Waals surface area contributed by atoms with Crippen LogP contribution in [0.3, 0.4) is 0 Å². The Morgan fingerprint density at radius 2 is 1.50 bits per heavy atom. The van der Waals surface area contributed by atoms with Crippen molar-refractivity contribution in [3.63, 3.8) is 0 Å². The van der Waals surface area contributed by atoms with Crippen LogP contribution >= 0.6 is 0 Å². The number of rotatable bonds is 2. The number of carbonyl (C=O) groups is 2. The van der Waals surface area contributed by atoms with Gasteiger partial charge in [0.05, 0.1) is 6.42 Å². The summed E-state index contributed by atoms with van der Waals surface area (Å²) < 4.78 is 0. The third kappa shape index (κ3) is 2.24. The van der Waals surface area contributed by atoms with Gasteiger partial charge in [-0.05, 0) is 0 Å². The molecule has 0 aromatic rings. The molecule has 14 heavy (non-hydrogen) atoms. The first-order chi connectivity index (χ1) is 6.62.